The van der Waals surface area contributed by atoms with Crippen LogP contribution in [-0.2, 0) is 13.5 Å². The van der Waals surface area contributed by atoms with Gasteiger partial charge in [-0.15, -0.1) is 0 Å². The van der Waals surface area contributed by atoms with Crippen LogP contribution in [0.1, 0.15) is 12.5 Å². The molecule has 0 bridgehead atoms. The Morgan fingerprint density at radius 1 is 1.22 bits per heavy atom. The van der Waals surface area contributed by atoms with E-state index < -0.39 is 17.5 Å². The molecule has 0 aliphatic rings. The van der Waals surface area contributed by atoms with Crippen LogP contribution < -0.4 is 5.73 Å². The summed E-state index contributed by atoms with van der Waals surface area (Å²) in [5, 5.41) is 4.05. The molecule has 1 aromatic carbocycles. The van der Waals surface area contributed by atoms with Crippen LogP contribution in [0.4, 0.5) is 19.0 Å². The minimum absolute atomic E-state index is 0.0851. The molecular formula is C12H12F3N3. The van der Waals surface area contributed by atoms with Crippen molar-refractivity contribution in [2.24, 2.45) is 7.05 Å². The number of nitrogens with two attached hydrogens (primary N) is 1. The Balaban J connectivity index is 2.70. The molecule has 0 saturated carbocycles. The lowest BCUT2D eigenvalue weighted by molar-refractivity contribution is 0.448. The average molecular weight is 255 g/mol. The molecule has 2 aromatic rings. The summed E-state index contributed by atoms with van der Waals surface area (Å²) in [6, 6.07) is 2.03. The van der Waals surface area contributed by atoms with E-state index in [1.807, 2.05) is 6.92 Å². The Kier molecular flexibility index (Phi) is 3.02. The first-order chi connectivity index (χ1) is 8.47. The van der Waals surface area contributed by atoms with Crippen molar-refractivity contribution >= 4 is 5.82 Å². The maximum absolute atomic E-state index is 13.7. The van der Waals surface area contributed by atoms with Crippen LogP contribution in [0.2, 0.25) is 0 Å². The maximum Gasteiger partial charge on any atom is 0.195 e. The van der Waals surface area contributed by atoms with Crippen LogP contribution >= 0.6 is 0 Å². The molecule has 0 spiro atoms. The van der Waals surface area contributed by atoms with Gasteiger partial charge in [0.2, 0.25) is 0 Å². The molecule has 0 aliphatic carbocycles. The second-order valence-corrected chi connectivity index (χ2v) is 3.91. The van der Waals surface area contributed by atoms with Gasteiger partial charge in [0.15, 0.2) is 17.5 Å². The minimum Gasteiger partial charge on any atom is -0.384 e. The zero-order valence-electron chi connectivity index (χ0n) is 9.97. The summed E-state index contributed by atoms with van der Waals surface area (Å²) in [5.74, 6) is -3.59. The number of aromatic nitrogens is 2. The predicted octanol–water partition coefficient (Wildman–Crippen LogP) is 2.65. The normalized spacial score (nSPS) is 10.9. The molecule has 0 unspecified atom stereocenters. The van der Waals surface area contributed by atoms with Crippen molar-refractivity contribution in [2.75, 3.05) is 5.73 Å². The number of halogens is 3. The third kappa shape index (κ3) is 1.73. The van der Waals surface area contributed by atoms with E-state index in [0.29, 0.717) is 17.8 Å². The van der Waals surface area contributed by atoms with Crippen LogP contribution in [0, 0.1) is 17.5 Å². The molecule has 96 valence electrons. The molecule has 0 atom stereocenters. The van der Waals surface area contributed by atoms with Gasteiger partial charge in [-0.3, -0.25) is 4.68 Å². The summed E-state index contributed by atoms with van der Waals surface area (Å²) in [4.78, 5) is 0. The van der Waals surface area contributed by atoms with E-state index in [4.69, 9.17) is 5.73 Å². The van der Waals surface area contributed by atoms with E-state index >= 15 is 0 Å². The van der Waals surface area contributed by atoms with E-state index in [1.165, 1.54) is 4.68 Å². The quantitative estimate of drug-likeness (QED) is 0.838. The second kappa shape index (κ2) is 4.36. The average Bonchev–Trinajstić information content (AvgIpc) is 2.62. The molecule has 0 aliphatic heterocycles. The SMILES string of the molecule is CCc1c(-c2ccc(F)c(F)c2F)nn(C)c1N. The monoisotopic (exact) mass is 255 g/mol. The minimum atomic E-state index is -1.50. The Bertz CT molecular complexity index is 605. The first kappa shape index (κ1) is 12.5. The molecule has 3 nitrogen and oxygen atoms in total. The van der Waals surface area contributed by atoms with Crippen molar-refractivity contribution in [2.45, 2.75) is 13.3 Å². The number of benzene rings is 1. The fraction of sp³-hybridized carbons (Fsp3) is 0.250. The van der Waals surface area contributed by atoms with Gasteiger partial charge >= 0.3 is 0 Å². The third-order valence-electron chi connectivity index (χ3n) is 2.84. The van der Waals surface area contributed by atoms with Gasteiger partial charge in [0.25, 0.3) is 0 Å². The summed E-state index contributed by atoms with van der Waals surface area (Å²) in [5.41, 5.74) is 6.55. The second-order valence-electron chi connectivity index (χ2n) is 3.91. The van der Waals surface area contributed by atoms with Crippen molar-refractivity contribution in [1.82, 2.24) is 9.78 Å². The van der Waals surface area contributed by atoms with Crippen LogP contribution in [-0.4, -0.2) is 9.78 Å². The fourth-order valence-electron chi connectivity index (χ4n) is 1.85. The van der Waals surface area contributed by atoms with Crippen molar-refractivity contribution in [3.8, 4) is 11.3 Å². The van der Waals surface area contributed by atoms with Gasteiger partial charge in [-0.1, -0.05) is 6.92 Å². The number of aryl methyl sites for hydroxylation is 1. The first-order valence-electron chi connectivity index (χ1n) is 5.42. The van der Waals surface area contributed by atoms with Gasteiger partial charge in [0, 0.05) is 18.2 Å². The van der Waals surface area contributed by atoms with E-state index in [0.717, 1.165) is 12.1 Å². The molecule has 2 N–H and O–H groups in total. The summed E-state index contributed by atoms with van der Waals surface area (Å²) in [6.45, 7) is 1.83. The molecule has 0 amide bonds. The molecule has 2 rings (SSSR count). The van der Waals surface area contributed by atoms with Crippen molar-refractivity contribution in [3.63, 3.8) is 0 Å². The summed E-state index contributed by atoms with van der Waals surface area (Å²) in [7, 11) is 1.61. The lowest BCUT2D eigenvalue weighted by Gasteiger charge is -2.04. The zero-order valence-corrected chi connectivity index (χ0v) is 9.97. The maximum atomic E-state index is 13.7. The van der Waals surface area contributed by atoms with Gasteiger partial charge in [-0.25, -0.2) is 13.2 Å². The summed E-state index contributed by atoms with van der Waals surface area (Å²) in [6.07, 6.45) is 0.521. The first-order valence-corrected chi connectivity index (χ1v) is 5.42. The molecule has 0 fully saturated rings. The molecule has 6 heteroatoms. The van der Waals surface area contributed by atoms with Gasteiger partial charge in [-0.2, -0.15) is 5.10 Å². The highest BCUT2D eigenvalue weighted by atomic mass is 19.2. The van der Waals surface area contributed by atoms with Crippen molar-refractivity contribution < 1.29 is 13.2 Å². The van der Waals surface area contributed by atoms with Crippen LogP contribution in [0.5, 0.6) is 0 Å². The molecule has 1 heterocycles. The Morgan fingerprint density at radius 3 is 2.50 bits per heavy atom. The number of nitrogen functional groups attached to an aromatic ring is 1. The summed E-state index contributed by atoms with van der Waals surface area (Å²) < 4.78 is 41.2. The number of nitrogens with zero attached hydrogens (tertiary/aromatic N) is 2. The van der Waals surface area contributed by atoms with Crippen LogP contribution in [0.25, 0.3) is 11.3 Å². The third-order valence-corrected chi connectivity index (χ3v) is 2.84. The standard InChI is InChI=1S/C12H12F3N3/c1-3-6-11(17-18(2)12(6)16)7-4-5-8(13)10(15)9(7)14/h4-5H,3,16H2,1-2H3. The molecule has 0 radical (unpaired) electrons. The van der Waals surface area contributed by atoms with Gasteiger partial charge < -0.3 is 5.73 Å². The summed E-state index contributed by atoms with van der Waals surface area (Å²) >= 11 is 0. The Hall–Kier alpha value is -1.98. The molecule has 18 heavy (non-hydrogen) atoms. The highest BCUT2D eigenvalue weighted by Crippen LogP contribution is 2.30. The van der Waals surface area contributed by atoms with Crippen LogP contribution in [0.3, 0.4) is 0 Å². The number of rotatable bonds is 2. The highest BCUT2D eigenvalue weighted by Gasteiger charge is 2.21. The fourth-order valence-corrected chi connectivity index (χ4v) is 1.85. The predicted molar refractivity (Wildman–Crippen MR) is 62.3 cm³/mol. The van der Waals surface area contributed by atoms with E-state index in [9.17, 15) is 13.2 Å². The van der Waals surface area contributed by atoms with Gasteiger partial charge in [0.1, 0.15) is 11.5 Å². The molecule has 1 aromatic heterocycles. The topological polar surface area (TPSA) is 43.8 Å². The zero-order chi connectivity index (χ0) is 13.4. The number of anilines is 1. The number of hydrogen-bond acceptors (Lipinski definition) is 2. The van der Waals surface area contributed by atoms with Crippen molar-refractivity contribution in [1.29, 1.82) is 0 Å². The lowest BCUT2D eigenvalue weighted by Crippen LogP contribution is -1.98. The highest BCUT2D eigenvalue weighted by molar-refractivity contribution is 5.69. The van der Waals surface area contributed by atoms with Gasteiger partial charge in [0.05, 0.1) is 0 Å². The van der Waals surface area contributed by atoms with Crippen molar-refractivity contribution in [3.05, 3.63) is 35.1 Å². The molecular weight excluding hydrogens is 243 g/mol. The lowest BCUT2D eigenvalue weighted by atomic mass is 10.0. The Morgan fingerprint density at radius 2 is 1.89 bits per heavy atom. The smallest absolute Gasteiger partial charge is 0.195 e. The number of hydrogen-bond donors (Lipinski definition) is 1. The van der Waals surface area contributed by atoms with E-state index in [1.54, 1.807) is 7.05 Å². The van der Waals surface area contributed by atoms with E-state index in [-0.39, 0.29) is 11.3 Å². The largest absolute Gasteiger partial charge is 0.384 e. The molecule has 0 saturated heterocycles. The van der Waals surface area contributed by atoms with Crippen LogP contribution in [0.15, 0.2) is 12.1 Å². The van der Waals surface area contributed by atoms with Gasteiger partial charge in [-0.05, 0) is 18.6 Å². The van der Waals surface area contributed by atoms with E-state index in [2.05, 4.69) is 5.10 Å². The Labute approximate surface area is 102 Å².